The van der Waals surface area contributed by atoms with Gasteiger partial charge in [-0.05, 0) is 65.3 Å². The van der Waals surface area contributed by atoms with E-state index in [0.29, 0.717) is 0 Å². The van der Waals surface area contributed by atoms with Gasteiger partial charge < -0.3 is 5.11 Å². The average molecular weight is 836 g/mol. The van der Waals surface area contributed by atoms with E-state index < -0.39 is 0 Å². The average Bonchev–Trinajstić information content (AvgIpc) is 3.44. The van der Waals surface area contributed by atoms with E-state index in [0.717, 1.165) is 53.6 Å². The standard InChI is InChI=1S/C29H23N2S.C13H24O2.Ir/c1-29(2,3)16-24-22-11-7-6-10-20(22)15-23-25-26(30-17-31-28(25)32-27(23)24)21-13-12-18-8-4-5-9-19(18)14-21;1-5-10(6-2)12(14)9-13(15)11(7-3)8-4;/h4-12,14-15,17H,16H2,1-3H3;9-11,14H,5-8H2,1-4H3;/q-1;;/b;12-9-;. The zero-order valence-corrected chi connectivity index (χ0v) is 32.4. The third kappa shape index (κ3) is 8.22. The summed E-state index contributed by atoms with van der Waals surface area (Å²) in [6, 6.07) is 27.2. The number of hydrogen-bond donors (Lipinski definition) is 1. The van der Waals surface area contributed by atoms with Crippen LogP contribution in [0.4, 0.5) is 0 Å². The molecule has 0 spiro atoms. The molecule has 0 aliphatic heterocycles. The van der Waals surface area contributed by atoms with Gasteiger partial charge >= 0.3 is 0 Å². The fourth-order valence-electron chi connectivity index (χ4n) is 6.44. The van der Waals surface area contributed by atoms with Gasteiger partial charge in [0.25, 0.3) is 0 Å². The van der Waals surface area contributed by atoms with Crippen LogP contribution >= 0.6 is 11.3 Å². The molecule has 0 unspecified atom stereocenters. The van der Waals surface area contributed by atoms with E-state index in [9.17, 15) is 9.90 Å². The molecule has 0 fully saturated rings. The summed E-state index contributed by atoms with van der Waals surface area (Å²) in [7, 11) is 0. The van der Waals surface area contributed by atoms with Crippen LogP contribution in [0.3, 0.4) is 0 Å². The van der Waals surface area contributed by atoms with E-state index in [4.69, 9.17) is 4.98 Å². The number of thiophene rings is 1. The van der Waals surface area contributed by atoms with Crippen molar-refractivity contribution in [2.75, 3.05) is 0 Å². The molecule has 0 saturated heterocycles. The van der Waals surface area contributed by atoms with Gasteiger partial charge in [0.1, 0.15) is 11.2 Å². The molecule has 2 heterocycles. The first kappa shape index (κ1) is 37.4. The normalized spacial score (nSPS) is 12.1. The summed E-state index contributed by atoms with van der Waals surface area (Å²) >= 11 is 1.79. The maximum absolute atomic E-state index is 11.7. The molecule has 0 amide bonds. The number of aliphatic hydroxyl groups excluding tert-OH is 1. The number of fused-ring (bicyclic) bond motifs is 5. The number of allylic oxidation sites excluding steroid dienone is 2. The topological polar surface area (TPSA) is 63.1 Å². The number of benzene rings is 4. The Hall–Kier alpha value is -3.44. The number of nitrogens with zero attached hydrogens (tertiary/aromatic N) is 2. The summed E-state index contributed by atoms with van der Waals surface area (Å²) in [5.41, 5.74) is 3.58. The first-order valence-corrected chi connectivity index (χ1v) is 17.8. The Kier molecular flexibility index (Phi) is 12.7. The molecule has 6 aromatic rings. The molecule has 1 radical (unpaired) electrons. The first-order valence-electron chi connectivity index (χ1n) is 17.0. The molecule has 0 aliphatic rings. The number of carbonyl (C=O) groups excluding carboxylic acids is 1. The van der Waals surface area contributed by atoms with Crippen LogP contribution in [0.25, 0.3) is 53.1 Å². The fraction of sp³-hybridized carbons (Fsp3) is 0.357. The van der Waals surface area contributed by atoms with Gasteiger partial charge in [0.2, 0.25) is 0 Å². The largest absolute Gasteiger partial charge is 0.512 e. The summed E-state index contributed by atoms with van der Waals surface area (Å²) in [4.78, 5) is 22.2. The Morgan fingerprint density at radius 1 is 0.854 bits per heavy atom. The quantitative estimate of drug-likeness (QED) is 0.0895. The Bertz CT molecular complexity index is 2050. The van der Waals surface area contributed by atoms with Crippen LogP contribution in [0.5, 0.6) is 0 Å². The van der Waals surface area contributed by atoms with Crippen LogP contribution in [0.2, 0.25) is 0 Å². The van der Waals surface area contributed by atoms with Crippen molar-refractivity contribution in [3.8, 4) is 11.3 Å². The van der Waals surface area contributed by atoms with Crippen molar-refractivity contribution in [1.82, 2.24) is 9.97 Å². The van der Waals surface area contributed by atoms with Crippen molar-refractivity contribution in [2.45, 2.75) is 80.6 Å². The van der Waals surface area contributed by atoms with Crippen LogP contribution in [0, 0.1) is 23.3 Å². The smallest absolute Gasteiger partial charge is 0.162 e. The molecule has 1 N–H and O–H groups in total. The van der Waals surface area contributed by atoms with E-state index >= 15 is 0 Å². The number of rotatable bonds is 9. The predicted octanol–water partition coefficient (Wildman–Crippen LogP) is 12.1. The van der Waals surface area contributed by atoms with Crippen molar-refractivity contribution in [1.29, 1.82) is 0 Å². The molecular formula is C42H47IrN2O2S-. The Morgan fingerprint density at radius 3 is 2.12 bits per heavy atom. The van der Waals surface area contributed by atoms with E-state index in [1.807, 2.05) is 27.7 Å². The summed E-state index contributed by atoms with van der Waals surface area (Å²) in [5.74, 6) is 0.547. The molecule has 6 rings (SSSR count). The molecule has 0 bridgehead atoms. The number of hydrogen-bond acceptors (Lipinski definition) is 5. The second kappa shape index (κ2) is 16.3. The maximum atomic E-state index is 11.7. The monoisotopic (exact) mass is 836 g/mol. The molecule has 6 heteroatoms. The van der Waals surface area contributed by atoms with Gasteiger partial charge in [-0.15, -0.1) is 40.5 Å². The van der Waals surface area contributed by atoms with Crippen molar-refractivity contribution in [2.24, 2.45) is 17.3 Å². The molecule has 48 heavy (non-hydrogen) atoms. The molecule has 0 atom stereocenters. The number of carbonyl (C=O) groups is 1. The van der Waals surface area contributed by atoms with Gasteiger partial charge in [0, 0.05) is 53.8 Å². The number of aliphatic hydroxyl groups is 1. The van der Waals surface area contributed by atoms with Gasteiger partial charge in [-0.1, -0.05) is 102 Å². The van der Waals surface area contributed by atoms with Crippen LogP contribution < -0.4 is 0 Å². The minimum Gasteiger partial charge on any atom is -0.512 e. The zero-order valence-electron chi connectivity index (χ0n) is 29.2. The first-order chi connectivity index (χ1) is 22.6. The summed E-state index contributed by atoms with van der Waals surface area (Å²) in [5, 5.41) is 17.2. The third-order valence-corrected chi connectivity index (χ3v) is 10.3. The third-order valence-electron chi connectivity index (χ3n) is 9.11. The van der Waals surface area contributed by atoms with Gasteiger partial charge in [-0.3, -0.25) is 9.78 Å². The molecule has 2 aromatic heterocycles. The second-order valence-electron chi connectivity index (χ2n) is 13.7. The second-order valence-corrected chi connectivity index (χ2v) is 14.7. The van der Waals surface area contributed by atoms with Gasteiger partial charge in [-0.25, -0.2) is 4.98 Å². The Labute approximate surface area is 303 Å². The molecule has 4 nitrogen and oxygen atoms in total. The summed E-state index contributed by atoms with van der Waals surface area (Å²) < 4.78 is 1.33. The van der Waals surface area contributed by atoms with Gasteiger partial charge in [-0.2, -0.15) is 0 Å². The summed E-state index contributed by atoms with van der Waals surface area (Å²) in [6.45, 7) is 15.0. The van der Waals surface area contributed by atoms with E-state index in [1.54, 1.807) is 17.7 Å². The van der Waals surface area contributed by atoms with Crippen molar-refractivity contribution in [3.63, 3.8) is 0 Å². The van der Waals surface area contributed by atoms with E-state index in [-0.39, 0.29) is 48.9 Å². The van der Waals surface area contributed by atoms with Crippen LogP contribution in [0.15, 0.2) is 84.9 Å². The SMILES string of the molecule is CC(C)(C)Cc1c2ccccc2cc2c1sc1ncnc(-c3[c-]cc4ccccc4c3)c12.CCC(CC)C(=O)/C=C(\O)C(CC)CC.[Ir]. The Balaban J connectivity index is 0.000000279. The minimum absolute atomic E-state index is 0. The molecule has 0 aliphatic carbocycles. The maximum Gasteiger partial charge on any atom is 0.162 e. The molecule has 253 valence electrons. The van der Waals surface area contributed by atoms with Crippen molar-refractivity contribution in [3.05, 3.63) is 96.5 Å². The van der Waals surface area contributed by atoms with Crippen LogP contribution in [-0.4, -0.2) is 20.9 Å². The fourth-order valence-corrected chi connectivity index (χ4v) is 7.62. The van der Waals surface area contributed by atoms with Crippen molar-refractivity contribution < 1.29 is 30.0 Å². The number of aromatic nitrogens is 2. The zero-order chi connectivity index (χ0) is 33.7. The van der Waals surface area contributed by atoms with Crippen molar-refractivity contribution >= 4 is 59.0 Å². The van der Waals surface area contributed by atoms with E-state index in [1.165, 1.54) is 43.3 Å². The van der Waals surface area contributed by atoms with Crippen LogP contribution in [0.1, 0.15) is 79.7 Å². The number of ketones is 1. The molecular weight excluding hydrogens is 789 g/mol. The van der Waals surface area contributed by atoms with Gasteiger partial charge in [0.15, 0.2) is 5.78 Å². The minimum atomic E-state index is 0. The van der Waals surface area contributed by atoms with E-state index in [2.05, 4.69) is 98.6 Å². The van der Waals surface area contributed by atoms with Crippen LogP contribution in [-0.2, 0) is 31.3 Å². The predicted molar refractivity (Wildman–Crippen MR) is 201 cm³/mol. The Morgan fingerprint density at radius 2 is 1.48 bits per heavy atom. The van der Waals surface area contributed by atoms with Gasteiger partial charge in [0.05, 0.1) is 5.76 Å². The molecule has 0 saturated carbocycles. The summed E-state index contributed by atoms with van der Waals surface area (Å²) in [6.07, 6.45) is 7.62. The molecule has 4 aromatic carbocycles.